The van der Waals surface area contributed by atoms with Gasteiger partial charge in [0.25, 0.3) is 5.91 Å². The standard InChI is InChI=1S/C10H18N4O2S/c1-6(2)12-9(16)7-8(11)13-17-10(7)14(3)4-5-15/h6,15H,4-5H2,1-3H3,(H2,11,13)(H,12,16). The molecule has 7 heteroatoms. The van der Waals surface area contributed by atoms with Crippen molar-refractivity contribution in [1.82, 2.24) is 9.69 Å². The lowest BCUT2D eigenvalue weighted by Gasteiger charge is -2.17. The monoisotopic (exact) mass is 258 g/mol. The summed E-state index contributed by atoms with van der Waals surface area (Å²) in [5, 5.41) is 12.3. The van der Waals surface area contributed by atoms with Crippen LogP contribution in [0.1, 0.15) is 24.2 Å². The molecule has 0 aliphatic rings. The van der Waals surface area contributed by atoms with Gasteiger partial charge in [0.1, 0.15) is 10.6 Å². The summed E-state index contributed by atoms with van der Waals surface area (Å²) in [5.41, 5.74) is 6.09. The number of likely N-dealkylation sites (N-methyl/N-ethyl adjacent to an activating group) is 1. The number of rotatable bonds is 5. The van der Waals surface area contributed by atoms with Crippen molar-refractivity contribution in [2.45, 2.75) is 19.9 Å². The van der Waals surface area contributed by atoms with Gasteiger partial charge in [0.15, 0.2) is 5.82 Å². The predicted octanol–water partition coefficient (Wildman–Crippen LogP) is 0.292. The van der Waals surface area contributed by atoms with Gasteiger partial charge in [0.05, 0.1) is 6.61 Å². The summed E-state index contributed by atoms with van der Waals surface area (Å²) in [6.07, 6.45) is 0. The minimum Gasteiger partial charge on any atom is -0.395 e. The number of aromatic nitrogens is 1. The third kappa shape index (κ3) is 3.31. The van der Waals surface area contributed by atoms with Gasteiger partial charge < -0.3 is 21.1 Å². The van der Waals surface area contributed by atoms with Gasteiger partial charge in [0.2, 0.25) is 0 Å². The number of carbonyl (C=O) groups is 1. The lowest BCUT2D eigenvalue weighted by molar-refractivity contribution is 0.0944. The minimum atomic E-state index is -0.231. The molecule has 1 heterocycles. The molecule has 0 unspecified atom stereocenters. The number of aliphatic hydroxyl groups excluding tert-OH is 1. The van der Waals surface area contributed by atoms with Gasteiger partial charge in [-0.15, -0.1) is 0 Å². The fourth-order valence-corrected chi connectivity index (χ4v) is 2.15. The van der Waals surface area contributed by atoms with Crippen molar-refractivity contribution in [1.29, 1.82) is 0 Å². The summed E-state index contributed by atoms with van der Waals surface area (Å²) < 4.78 is 3.98. The van der Waals surface area contributed by atoms with E-state index in [1.165, 1.54) is 0 Å². The molecule has 1 rings (SSSR count). The van der Waals surface area contributed by atoms with Crippen molar-refractivity contribution in [3.05, 3.63) is 5.56 Å². The van der Waals surface area contributed by atoms with Crippen LogP contribution in [-0.2, 0) is 0 Å². The fourth-order valence-electron chi connectivity index (χ4n) is 1.35. The maximum atomic E-state index is 12.0. The number of nitrogens with zero attached hydrogens (tertiary/aromatic N) is 2. The Hall–Kier alpha value is -1.34. The first-order chi connectivity index (χ1) is 7.97. The van der Waals surface area contributed by atoms with Crippen LogP contribution in [0.25, 0.3) is 0 Å². The van der Waals surface area contributed by atoms with Gasteiger partial charge in [-0.2, -0.15) is 4.37 Å². The van der Waals surface area contributed by atoms with E-state index in [0.29, 0.717) is 17.1 Å². The van der Waals surface area contributed by atoms with Crippen molar-refractivity contribution in [3.63, 3.8) is 0 Å². The van der Waals surface area contributed by atoms with Gasteiger partial charge in [-0.05, 0) is 25.4 Å². The molecule has 0 bridgehead atoms. The molecule has 1 amide bonds. The molecule has 0 aromatic carbocycles. The Labute approximate surface area is 105 Å². The molecule has 0 atom stereocenters. The molecule has 0 aliphatic carbocycles. The number of nitrogens with two attached hydrogens (primary N) is 1. The van der Waals surface area contributed by atoms with Crippen molar-refractivity contribution < 1.29 is 9.90 Å². The molecule has 17 heavy (non-hydrogen) atoms. The SMILES string of the molecule is CC(C)NC(=O)c1c(N)nsc1N(C)CCO. The molecule has 6 nitrogen and oxygen atoms in total. The zero-order valence-electron chi connectivity index (χ0n) is 10.2. The van der Waals surface area contributed by atoms with E-state index in [9.17, 15) is 4.79 Å². The van der Waals surface area contributed by atoms with E-state index in [0.717, 1.165) is 11.5 Å². The molecule has 0 aliphatic heterocycles. The molecule has 0 saturated heterocycles. The van der Waals surface area contributed by atoms with Crippen LogP contribution in [0.2, 0.25) is 0 Å². The smallest absolute Gasteiger partial charge is 0.258 e. The molecular weight excluding hydrogens is 240 g/mol. The van der Waals surface area contributed by atoms with Crippen molar-refractivity contribution in [3.8, 4) is 0 Å². The summed E-state index contributed by atoms with van der Waals surface area (Å²) in [4.78, 5) is 13.7. The third-order valence-electron chi connectivity index (χ3n) is 2.13. The van der Waals surface area contributed by atoms with Crippen LogP contribution in [-0.4, -0.2) is 41.6 Å². The van der Waals surface area contributed by atoms with E-state index in [4.69, 9.17) is 10.8 Å². The largest absolute Gasteiger partial charge is 0.395 e. The van der Waals surface area contributed by atoms with E-state index >= 15 is 0 Å². The molecule has 4 N–H and O–H groups in total. The number of hydrogen-bond donors (Lipinski definition) is 3. The topological polar surface area (TPSA) is 91.5 Å². The zero-order chi connectivity index (χ0) is 13.0. The lowest BCUT2D eigenvalue weighted by Crippen LogP contribution is -2.32. The number of hydrogen-bond acceptors (Lipinski definition) is 6. The quantitative estimate of drug-likeness (QED) is 0.706. The van der Waals surface area contributed by atoms with Crippen LogP contribution in [0.5, 0.6) is 0 Å². The number of nitrogens with one attached hydrogen (secondary N) is 1. The van der Waals surface area contributed by atoms with E-state index < -0.39 is 0 Å². The second-order valence-electron chi connectivity index (χ2n) is 4.02. The highest BCUT2D eigenvalue weighted by atomic mass is 32.1. The second-order valence-corrected chi connectivity index (χ2v) is 4.77. The van der Waals surface area contributed by atoms with E-state index in [-0.39, 0.29) is 24.4 Å². The Morgan fingerprint density at radius 2 is 2.29 bits per heavy atom. The highest BCUT2D eigenvalue weighted by Gasteiger charge is 2.21. The number of nitrogen functional groups attached to an aromatic ring is 1. The van der Waals surface area contributed by atoms with Crippen LogP contribution in [0.3, 0.4) is 0 Å². The molecule has 0 saturated carbocycles. The molecule has 96 valence electrons. The van der Waals surface area contributed by atoms with Gasteiger partial charge in [-0.1, -0.05) is 0 Å². The predicted molar refractivity (Wildman–Crippen MR) is 69.5 cm³/mol. The van der Waals surface area contributed by atoms with E-state index in [2.05, 4.69) is 9.69 Å². The number of amides is 1. The summed E-state index contributed by atoms with van der Waals surface area (Å²) >= 11 is 1.16. The van der Waals surface area contributed by atoms with Gasteiger partial charge in [-0.3, -0.25) is 4.79 Å². The number of anilines is 2. The van der Waals surface area contributed by atoms with Crippen molar-refractivity contribution >= 4 is 28.3 Å². The first-order valence-corrected chi connectivity index (χ1v) is 6.12. The Morgan fingerprint density at radius 3 is 2.82 bits per heavy atom. The molecule has 1 aromatic heterocycles. The molecule has 1 aromatic rings. The molecule has 0 radical (unpaired) electrons. The molecule has 0 fully saturated rings. The molecule has 0 spiro atoms. The van der Waals surface area contributed by atoms with Crippen LogP contribution < -0.4 is 16.0 Å². The van der Waals surface area contributed by atoms with Crippen molar-refractivity contribution in [2.24, 2.45) is 0 Å². The highest BCUT2D eigenvalue weighted by Crippen LogP contribution is 2.29. The van der Waals surface area contributed by atoms with Crippen LogP contribution in [0.15, 0.2) is 0 Å². The number of aliphatic hydroxyl groups is 1. The van der Waals surface area contributed by atoms with Gasteiger partial charge >= 0.3 is 0 Å². The Balaban J connectivity index is 2.97. The van der Waals surface area contributed by atoms with Gasteiger partial charge in [0, 0.05) is 19.6 Å². The first kappa shape index (κ1) is 13.7. The van der Waals surface area contributed by atoms with E-state index in [1.54, 1.807) is 11.9 Å². The third-order valence-corrected chi connectivity index (χ3v) is 3.11. The maximum absolute atomic E-state index is 12.0. The Bertz CT molecular complexity index is 392. The van der Waals surface area contributed by atoms with Crippen molar-refractivity contribution in [2.75, 3.05) is 30.8 Å². The maximum Gasteiger partial charge on any atom is 0.258 e. The number of carbonyl (C=O) groups excluding carboxylic acids is 1. The van der Waals surface area contributed by atoms with Crippen LogP contribution >= 0.6 is 11.5 Å². The van der Waals surface area contributed by atoms with Gasteiger partial charge in [-0.25, -0.2) is 0 Å². The Kier molecular flexibility index (Phi) is 4.71. The summed E-state index contributed by atoms with van der Waals surface area (Å²) in [6, 6.07) is 0.0396. The molecular formula is C10H18N4O2S. The average Bonchev–Trinajstić information content (AvgIpc) is 2.59. The van der Waals surface area contributed by atoms with Crippen LogP contribution in [0.4, 0.5) is 10.8 Å². The van der Waals surface area contributed by atoms with Crippen LogP contribution in [0, 0.1) is 0 Å². The average molecular weight is 258 g/mol. The minimum absolute atomic E-state index is 0.0134. The second kappa shape index (κ2) is 5.83. The lowest BCUT2D eigenvalue weighted by atomic mass is 10.2. The first-order valence-electron chi connectivity index (χ1n) is 5.35. The summed E-state index contributed by atoms with van der Waals surface area (Å²) in [5.74, 6) is -0.000945. The Morgan fingerprint density at radius 1 is 1.65 bits per heavy atom. The summed E-state index contributed by atoms with van der Waals surface area (Å²) in [6.45, 7) is 4.21. The summed E-state index contributed by atoms with van der Waals surface area (Å²) in [7, 11) is 1.79. The zero-order valence-corrected chi connectivity index (χ0v) is 11.0. The highest BCUT2D eigenvalue weighted by molar-refractivity contribution is 7.11. The normalized spacial score (nSPS) is 10.6. The van der Waals surface area contributed by atoms with E-state index in [1.807, 2.05) is 13.8 Å². The fraction of sp³-hybridized carbons (Fsp3) is 0.600.